The first kappa shape index (κ1) is 16.1. The van der Waals surface area contributed by atoms with Crippen LogP contribution < -0.4 is 10.6 Å². The number of para-hydroxylation sites is 1. The molecule has 5 heteroatoms. The third-order valence-corrected chi connectivity index (χ3v) is 4.03. The molecule has 2 aromatic carbocycles. The highest BCUT2D eigenvalue weighted by Gasteiger charge is 2.31. The molecule has 0 spiro atoms. The Hall–Kier alpha value is -2.82. The number of hydrogen-bond acceptors (Lipinski definition) is 3. The second-order valence-corrected chi connectivity index (χ2v) is 5.89. The Morgan fingerprint density at radius 2 is 1.88 bits per heavy atom. The van der Waals surface area contributed by atoms with Gasteiger partial charge >= 0.3 is 0 Å². The summed E-state index contributed by atoms with van der Waals surface area (Å²) in [5.41, 5.74) is 3.29. The number of benzene rings is 2. The van der Waals surface area contributed by atoms with Gasteiger partial charge in [-0.2, -0.15) is 0 Å². The van der Waals surface area contributed by atoms with Gasteiger partial charge in [-0.25, -0.2) is 0 Å². The summed E-state index contributed by atoms with van der Waals surface area (Å²) < 4.78 is 0. The lowest BCUT2D eigenvalue weighted by atomic mass is 10.0. The number of anilines is 2. The summed E-state index contributed by atoms with van der Waals surface area (Å²) in [7, 11) is 0. The minimum Gasteiger partial charge on any atom is -0.361 e. The fraction of sp³-hybridized carbons (Fsp3) is 0.263. The molecule has 1 atom stereocenters. The predicted molar refractivity (Wildman–Crippen MR) is 94.9 cm³/mol. The molecule has 1 heterocycles. The third kappa shape index (κ3) is 3.11. The standard InChI is InChI=1S/C19H21N3O2/c1-3-12-22-18(14-8-10-15(11-9-14)20-13(2)23)21-17-7-5-4-6-16(17)19(22)24/h4-11,18,21H,3,12H2,1-2H3,(H,20,23)/t18-/m1/s1. The lowest BCUT2D eigenvalue weighted by Gasteiger charge is -2.38. The van der Waals surface area contributed by atoms with Gasteiger partial charge in [-0.3, -0.25) is 9.59 Å². The summed E-state index contributed by atoms with van der Waals surface area (Å²) in [6.07, 6.45) is 0.675. The van der Waals surface area contributed by atoms with Crippen molar-refractivity contribution in [3.63, 3.8) is 0 Å². The van der Waals surface area contributed by atoms with E-state index in [1.807, 2.05) is 53.4 Å². The van der Waals surface area contributed by atoms with Crippen LogP contribution in [-0.2, 0) is 4.79 Å². The Bertz CT molecular complexity index is 755. The number of fused-ring (bicyclic) bond motifs is 1. The van der Waals surface area contributed by atoms with E-state index in [9.17, 15) is 9.59 Å². The van der Waals surface area contributed by atoms with Crippen molar-refractivity contribution in [2.75, 3.05) is 17.2 Å². The van der Waals surface area contributed by atoms with Crippen molar-refractivity contribution in [3.8, 4) is 0 Å². The maximum Gasteiger partial charge on any atom is 0.257 e. The van der Waals surface area contributed by atoms with Gasteiger partial charge in [0.25, 0.3) is 5.91 Å². The highest BCUT2D eigenvalue weighted by Crippen LogP contribution is 2.33. The van der Waals surface area contributed by atoms with Crippen LogP contribution in [0, 0.1) is 0 Å². The summed E-state index contributed by atoms with van der Waals surface area (Å²) in [4.78, 5) is 25.8. The molecule has 2 aromatic rings. The van der Waals surface area contributed by atoms with Gasteiger partial charge in [-0.05, 0) is 36.2 Å². The third-order valence-electron chi connectivity index (χ3n) is 4.03. The summed E-state index contributed by atoms with van der Waals surface area (Å²) in [5.74, 6) is -0.0580. The molecule has 0 saturated carbocycles. The average molecular weight is 323 g/mol. The molecule has 1 aliphatic heterocycles. The number of rotatable bonds is 4. The lowest BCUT2D eigenvalue weighted by Crippen LogP contribution is -2.43. The van der Waals surface area contributed by atoms with Gasteiger partial charge in [0.05, 0.1) is 5.56 Å². The van der Waals surface area contributed by atoms with E-state index in [0.29, 0.717) is 12.1 Å². The van der Waals surface area contributed by atoms with E-state index >= 15 is 0 Å². The first-order chi connectivity index (χ1) is 11.6. The maximum atomic E-state index is 12.8. The fourth-order valence-corrected chi connectivity index (χ4v) is 2.98. The van der Waals surface area contributed by atoms with Crippen LogP contribution in [0.4, 0.5) is 11.4 Å². The van der Waals surface area contributed by atoms with Crippen molar-refractivity contribution in [1.82, 2.24) is 4.90 Å². The SMILES string of the molecule is CCCN1C(=O)c2ccccc2N[C@H]1c1ccc(NC(C)=O)cc1. The Kier molecular flexibility index (Phi) is 4.51. The highest BCUT2D eigenvalue weighted by atomic mass is 16.2. The molecule has 2 amide bonds. The van der Waals surface area contributed by atoms with Crippen molar-refractivity contribution < 1.29 is 9.59 Å². The van der Waals surface area contributed by atoms with Crippen LogP contribution in [0.15, 0.2) is 48.5 Å². The lowest BCUT2D eigenvalue weighted by molar-refractivity contribution is -0.114. The van der Waals surface area contributed by atoms with Gasteiger partial charge in [-0.1, -0.05) is 31.2 Å². The van der Waals surface area contributed by atoms with E-state index in [0.717, 1.165) is 23.4 Å². The van der Waals surface area contributed by atoms with E-state index in [1.165, 1.54) is 6.92 Å². The molecule has 0 fully saturated rings. The van der Waals surface area contributed by atoms with Gasteiger partial charge < -0.3 is 15.5 Å². The molecule has 0 aliphatic carbocycles. The molecule has 124 valence electrons. The molecule has 2 N–H and O–H groups in total. The second kappa shape index (κ2) is 6.74. The normalized spacial score (nSPS) is 16.3. The van der Waals surface area contributed by atoms with Gasteiger partial charge in [0, 0.05) is 24.8 Å². The van der Waals surface area contributed by atoms with Gasteiger partial charge in [-0.15, -0.1) is 0 Å². The van der Waals surface area contributed by atoms with Crippen LogP contribution in [0.1, 0.15) is 42.4 Å². The summed E-state index contributed by atoms with van der Waals surface area (Å²) in [6, 6.07) is 15.2. The minimum absolute atomic E-state index is 0.0436. The monoisotopic (exact) mass is 323 g/mol. The van der Waals surface area contributed by atoms with Crippen LogP contribution in [0.2, 0.25) is 0 Å². The fourth-order valence-electron chi connectivity index (χ4n) is 2.98. The van der Waals surface area contributed by atoms with Crippen molar-refractivity contribution in [2.45, 2.75) is 26.4 Å². The Balaban J connectivity index is 1.93. The quantitative estimate of drug-likeness (QED) is 0.903. The Morgan fingerprint density at radius 1 is 1.17 bits per heavy atom. The molecule has 0 radical (unpaired) electrons. The molecule has 24 heavy (non-hydrogen) atoms. The van der Waals surface area contributed by atoms with Crippen molar-refractivity contribution in [1.29, 1.82) is 0 Å². The Labute approximate surface area is 141 Å². The first-order valence-electron chi connectivity index (χ1n) is 8.14. The second-order valence-electron chi connectivity index (χ2n) is 5.89. The molecule has 3 rings (SSSR count). The van der Waals surface area contributed by atoms with Crippen LogP contribution in [0.3, 0.4) is 0 Å². The smallest absolute Gasteiger partial charge is 0.257 e. The zero-order chi connectivity index (χ0) is 17.1. The van der Waals surface area contributed by atoms with Gasteiger partial charge in [0.1, 0.15) is 6.17 Å². The van der Waals surface area contributed by atoms with E-state index in [2.05, 4.69) is 17.6 Å². The van der Waals surface area contributed by atoms with Crippen molar-refractivity contribution in [2.24, 2.45) is 0 Å². The van der Waals surface area contributed by atoms with Crippen LogP contribution in [-0.4, -0.2) is 23.3 Å². The number of nitrogens with zero attached hydrogens (tertiary/aromatic N) is 1. The summed E-state index contributed by atoms with van der Waals surface area (Å²) in [6.45, 7) is 4.22. The maximum absolute atomic E-state index is 12.8. The molecular weight excluding hydrogens is 302 g/mol. The molecular formula is C19H21N3O2. The van der Waals surface area contributed by atoms with Crippen molar-refractivity contribution in [3.05, 3.63) is 59.7 Å². The average Bonchev–Trinajstić information content (AvgIpc) is 2.58. The number of carbonyl (C=O) groups excluding carboxylic acids is 2. The Morgan fingerprint density at radius 3 is 2.54 bits per heavy atom. The highest BCUT2D eigenvalue weighted by molar-refractivity contribution is 6.01. The summed E-state index contributed by atoms with van der Waals surface area (Å²) in [5, 5.41) is 6.21. The minimum atomic E-state index is -0.210. The van der Waals surface area contributed by atoms with Crippen LogP contribution in [0.25, 0.3) is 0 Å². The van der Waals surface area contributed by atoms with Crippen molar-refractivity contribution >= 4 is 23.2 Å². The van der Waals surface area contributed by atoms with E-state index in [1.54, 1.807) is 0 Å². The molecule has 0 saturated heterocycles. The number of hydrogen-bond donors (Lipinski definition) is 2. The molecule has 0 bridgehead atoms. The van der Waals surface area contributed by atoms with Crippen LogP contribution >= 0.6 is 0 Å². The van der Waals surface area contributed by atoms with E-state index in [4.69, 9.17) is 0 Å². The predicted octanol–water partition coefficient (Wildman–Crippen LogP) is 3.62. The number of carbonyl (C=O) groups is 2. The summed E-state index contributed by atoms with van der Waals surface area (Å²) >= 11 is 0. The van der Waals surface area contributed by atoms with E-state index in [-0.39, 0.29) is 18.0 Å². The largest absolute Gasteiger partial charge is 0.361 e. The zero-order valence-corrected chi connectivity index (χ0v) is 13.9. The molecule has 0 unspecified atom stereocenters. The first-order valence-corrected chi connectivity index (χ1v) is 8.14. The van der Waals surface area contributed by atoms with Gasteiger partial charge in [0.2, 0.25) is 5.91 Å². The molecule has 5 nitrogen and oxygen atoms in total. The molecule has 1 aliphatic rings. The zero-order valence-electron chi connectivity index (χ0n) is 13.9. The molecule has 0 aromatic heterocycles. The van der Waals surface area contributed by atoms with E-state index < -0.39 is 0 Å². The van der Waals surface area contributed by atoms with Gasteiger partial charge in [0.15, 0.2) is 0 Å². The number of nitrogens with one attached hydrogen (secondary N) is 2. The number of amides is 2. The topological polar surface area (TPSA) is 61.4 Å². The van der Waals surface area contributed by atoms with Crippen LogP contribution in [0.5, 0.6) is 0 Å².